The minimum absolute atomic E-state index is 0.0620. The highest BCUT2D eigenvalue weighted by atomic mass is 35.5. The maximum atomic E-state index is 14.9. The van der Waals surface area contributed by atoms with Crippen molar-refractivity contribution in [3.63, 3.8) is 0 Å². The monoisotopic (exact) mass is 491 g/mol. The molecular formula is C21H19ClFN5O2S2. The Morgan fingerprint density at radius 1 is 1.28 bits per heavy atom. The van der Waals surface area contributed by atoms with Gasteiger partial charge in [0.1, 0.15) is 33.5 Å². The number of amidine groups is 1. The Hall–Kier alpha value is -2.74. The van der Waals surface area contributed by atoms with Crippen LogP contribution in [0, 0.1) is 17.1 Å². The number of nitriles is 1. The zero-order valence-electron chi connectivity index (χ0n) is 17.4. The fraction of sp³-hybridized carbons (Fsp3) is 0.286. The van der Waals surface area contributed by atoms with Crippen molar-refractivity contribution in [3.8, 4) is 6.07 Å². The first-order valence-corrected chi connectivity index (χ1v) is 12.5. The molecule has 1 aromatic carbocycles. The quantitative estimate of drug-likeness (QED) is 0.518. The number of sulfone groups is 1. The van der Waals surface area contributed by atoms with Crippen molar-refractivity contribution < 1.29 is 12.8 Å². The second-order valence-electron chi connectivity index (χ2n) is 8.25. The Labute approximate surface area is 194 Å². The minimum atomic E-state index is -3.69. The average molecular weight is 492 g/mol. The molecule has 11 heteroatoms. The van der Waals surface area contributed by atoms with Crippen LogP contribution in [-0.2, 0) is 15.4 Å². The van der Waals surface area contributed by atoms with Gasteiger partial charge in [-0.1, -0.05) is 0 Å². The summed E-state index contributed by atoms with van der Waals surface area (Å²) in [5, 5.41) is 14.1. The number of aromatic nitrogens is 1. The van der Waals surface area contributed by atoms with Crippen molar-refractivity contribution in [2.75, 3.05) is 11.1 Å². The summed E-state index contributed by atoms with van der Waals surface area (Å²) < 4.78 is 40.4. The molecule has 0 amide bonds. The lowest BCUT2D eigenvalue weighted by Gasteiger charge is -2.38. The van der Waals surface area contributed by atoms with Gasteiger partial charge in [-0.05, 0) is 45.0 Å². The zero-order chi connectivity index (χ0) is 23.3. The summed E-state index contributed by atoms with van der Waals surface area (Å²) in [6, 6.07) is 8.18. The Morgan fingerprint density at radius 2 is 2.03 bits per heavy atom. The molecule has 0 saturated carbocycles. The Bertz CT molecular complexity index is 1410. The van der Waals surface area contributed by atoms with E-state index in [1.165, 1.54) is 37.4 Å². The van der Waals surface area contributed by atoms with Crippen molar-refractivity contribution in [1.82, 2.24) is 9.82 Å². The second kappa shape index (κ2) is 7.69. The number of nitrogens with zero attached hydrogens (tertiary/aromatic N) is 3. The molecule has 1 aliphatic heterocycles. The molecule has 4 rings (SSSR count). The highest BCUT2D eigenvalue weighted by molar-refractivity contribution is 7.93. The molecule has 3 aromatic rings. The molecule has 0 bridgehead atoms. The van der Waals surface area contributed by atoms with Gasteiger partial charge in [0.05, 0.1) is 21.7 Å². The SMILES string of the molecule is CC1(C)C(NCl)=N[C@](C)(c2cc(Nc3csc4cc(C#N)cnc34)ccc2F)CS1(=O)=O. The number of rotatable bonds is 3. The predicted octanol–water partition coefficient (Wildman–Crippen LogP) is 4.61. The van der Waals surface area contributed by atoms with E-state index in [1.54, 1.807) is 25.1 Å². The molecule has 0 saturated heterocycles. The topological polar surface area (TPSA) is 107 Å². The molecule has 0 fully saturated rings. The zero-order valence-corrected chi connectivity index (χ0v) is 19.8. The van der Waals surface area contributed by atoms with Crippen LogP contribution < -0.4 is 10.2 Å². The van der Waals surface area contributed by atoms with E-state index in [4.69, 9.17) is 17.0 Å². The van der Waals surface area contributed by atoms with Crippen molar-refractivity contribution in [1.29, 1.82) is 5.26 Å². The summed E-state index contributed by atoms with van der Waals surface area (Å²) in [5.41, 5.74) is 1.15. The van der Waals surface area contributed by atoms with E-state index >= 15 is 0 Å². The van der Waals surface area contributed by atoms with Crippen LogP contribution in [0.2, 0.25) is 0 Å². The maximum absolute atomic E-state index is 14.9. The van der Waals surface area contributed by atoms with E-state index in [1.807, 2.05) is 5.38 Å². The van der Waals surface area contributed by atoms with E-state index in [0.717, 1.165) is 4.70 Å². The third-order valence-corrected chi connectivity index (χ3v) is 9.42. The van der Waals surface area contributed by atoms with Crippen molar-refractivity contribution in [2.24, 2.45) is 4.99 Å². The Morgan fingerprint density at radius 3 is 2.72 bits per heavy atom. The number of thiophene rings is 1. The summed E-state index contributed by atoms with van der Waals surface area (Å²) in [5.74, 6) is -0.875. The van der Waals surface area contributed by atoms with Gasteiger partial charge in [-0.15, -0.1) is 11.3 Å². The number of aliphatic imine (C=N–C) groups is 1. The summed E-state index contributed by atoms with van der Waals surface area (Å²) >= 11 is 7.20. The molecule has 2 N–H and O–H groups in total. The van der Waals surface area contributed by atoms with Crippen LogP contribution in [0.15, 0.2) is 40.8 Å². The minimum Gasteiger partial charge on any atom is -0.353 e. The molecule has 1 aliphatic rings. The van der Waals surface area contributed by atoms with Crippen LogP contribution in [0.4, 0.5) is 15.8 Å². The summed E-state index contributed by atoms with van der Waals surface area (Å²) in [7, 11) is -3.69. The van der Waals surface area contributed by atoms with Crippen molar-refractivity contribution in [3.05, 3.63) is 52.8 Å². The van der Waals surface area contributed by atoms with Crippen LogP contribution in [-0.4, -0.2) is 29.7 Å². The molecular weight excluding hydrogens is 473 g/mol. The van der Waals surface area contributed by atoms with E-state index in [-0.39, 0.29) is 17.2 Å². The van der Waals surface area contributed by atoms with Gasteiger partial charge in [0, 0.05) is 34.6 Å². The molecule has 0 aliphatic carbocycles. The normalized spacial score (nSPS) is 21.6. The highest BCUT2D eigenvalue weighted by Crippen LogP contribution is 2.40. The Kier molecular flexibility index (Phi) is 5.40. The summed E-state index contributed by atoms with van der Waals surface area (Å²) in [6.45, 7) is 4.59. The van der Waals surface area contributed by atoms with Crippen molar-refractivity contribution >= 4 is 60.4 Å². The first-order valence-electron chi connectivity index (χ1n) is 9.54. The standard InChI is InChI=1S/C21H19ClFN5O2S2/c1-20(2)19(28-22)27-21(3,11-32(20,29)30)14-7-13(4-5-15(14)23)26-16-10-31-17-6-12(8-24)9-25-18(16)17/h4-7,9-10,26H,11H2,1-3H3,(H,27,28)/t21-/m0/s1. The molecule has 32 heavy (non-hydrogen) atoms. The van der Waals surface area contributed by atoms with Gasteiger partial charge >= 0.3 is 0 Å². The largest absolute Gasteiger partial charge is 0.353 e. The van der Waals surface area contributed by atoms with Crippen molar-refractivity contribution in [2.45, 2.75) is 31.1 Å². The Balaban J connectivity index is 1.76. The fourth-order valence-electron chi connectivity index (χ4n) is 3.62. The maximum Gasteiger partial charge on any atom is 0.165 e. The molecule has 0 unspecified atom stereocenters. The smallest absolute Gasteiger partial charge is 0.165 e. The number of nitrogens with one attached hydrogen (secondary N) is 2. The van der Waals surface area contributed by atoms with Crippen LogP contribution in [0.25, 0.3) is 10.2 Å². The average Bonchev–Trinajstić information content (AvgIpc) is 3.13. The molecule has 0 spiro atoms. The third kappa shape index (κ3) is 3.60. The number of fused-ring (bicyclic) bond motifs is 1. The van der Waals surface area contributed by atoms with Crippen LogP contribution in [0.5, 0.6) is 0 Å². The molecule has 166 valence electrons. The van der Waals surface area contributed by atoms with Crippen LogP contribution in [0.3, 0.4) is 0 Å². The molecule has 2 aromatic heterocycles. The molecule has 7 nitrogen and oxygen atoms in total. The predicted molar refractivity (Wildman–Crippen MR) is 126 cm³/mol. The van der Waals surface area contributed by atoms with Gasteiger partial charge in [-0.25, -0.2) is 12.8 Å². The van der Waals surface area contributed by atoms with E-state index in [9.17, 15) is 12.8 Å². The number of pyridine rings is 1. The number of benzene rings is 1. The highest BCUT2D eigenvalue weighted by Gasteiger charge is 2.50. The molecule has 1 atom stereocenters. The lowest BCUT2D eigenvalue weighted by molar-refractivity contribution is 0.475. The van der Waals surface area contributed by atoms with Crippen LogP contribution >= 0.6 is 23.1 Å². The lowest BCUT2D eigenvalue weighted by atomic mass is 9.92. The van der Waals surface area contributed by atoms with Gasteiger partial charge in [-0.3, -0.25) is 14.8 Å². The van der Waals surface area contributed by atoms with Gasteiger partial charge < -0.3 is 5.32 Å². The first kappa shape index (κ1) is 22.5. The summed E-state index contributed by atoms with van der Waals surface area (Å²) in [6.07, 6.45) is 1.49. The number of hydrogen-bond donors (Lipinski definition) is 2. The fourth-order valence-corrected chi connectivity index (χ4v) is 6.55. The van der Waals surface area contributed by atoms with Crippen LogP contribution in [0.1, 0.15) is 31.9 Å². The van der Waals surface area contributed by atoms with E-state index in [0.29, 0.717) is 22.5 Å². The van der Waals surface area contributed by atoms with E-state index < -0.39 is 25.9 Å². The molecule has 3 heterocycles. The number of halogens is 2. The first-order chi connectivity index (χ1) is 15.0. The van der Waals surface area contributed by atoms with Gasteiger partial charge in [0.2, 0.25) is 0 Å². The molecule has 0 radical (unpaired) electrons. The van der Waals surface area contributed by atoms with E-state index in [2.05, 4.69) is 26.2 Å². The van der Waals surface area contributed by atoms with Gasteiger partial charge in [-0.2, -0.15) is 5.26 Å². The second-order valence-corrected chi connectivity index (χ2v) is 11.9. The summed E-state index contributed by atoms with van der Waals surface area (Å²) in [4.78, 5) is 11.2. The van der Waals surface area contributed by atoms with Gasteiger partial charge in [0.15, 0.2) is 9.84 Å². The number of anilines is 2. The van der Waals surface area contributed by atoms with Gasteiger partial charge in [0.25, 0.3) is 0 Å². The third-order valence-electron chi connectivity index (χ3n) is 5.63. The lowest BCUT2D eigenvalue weighted by Crippen LogP contribution is -2.54. The number of hydrogen-bond acceptors (Lipinski definition) is 8.